The zero-order valence-electron chi connectivity index (χ0n) is 23.9. The molecule has 2 heterocycles. The Morgan fingerprint density at radius 1 is 1.00 bits per heavy atom. The van der Waals surface area contributed by atoms with Crippen molar-refractivity contribution in [2.45, 2.75) is 38.8 Å². The highest BCUT2D eigenvalue weighted by Crippen LogP contribution is 2.32. The van der Waals surface area contributed by atoms with Crippen LogP contribution >= 0.6 is 0 Å². The van der Waals surface area contributed by atoms with Crippen LogP contribution in [0, 0.1) is 18.6 Å². The summed E-state index contributed by atoms with van der Waals surface area (Å²) in [6.07, 6.45) is -2.82. The van der Waals surface area contributed by atoms with E-state index in [1.165, 1.54) is 4.90 Å². The lowest BCUT2D eigenvalue weighted by Gasteiger charge is -2.21. The van der Waals surface area contributed by atoms with Gasteiger partial charge in [-0.3, -0.25) is 9.59 Å². The molecule has 1 N–H and O–H groups in total. The monoisotopic (exact) mass is 609 g/mol. The third-order valence-corrected chi connectivity index (χ3v) is 7.28. The Balaban J connectivity index is 1.26. The second-order valence-corrected chi connectivity index (χ2v) is 10.6. The minimum absolute atomic E-state index is 0.0139. The number of amides is 1. The number of carbonyl (C=O) groups excluding carboxylic acids is 2. The van der Waals surface area contributed by atoms with Gasteiger partial charge in [-0.1, -0.05) is 18.2 Å². The molecule has 228 valence electrons. The summed E-state index contributed by atoms with van der Waals surface area (Å²) in [7, 11) is 1.61. The molecule has 1 amide bonds. The van der Waals surface area contributed by atoms with Crippen molar-refractivity contribution < 1.29 is 31.5 Å². The average molecular weight is 610 g/mol. The van der Waals surface area contributed by atoms with Crippen LogP contribution in [-0.2, 0) is 28.6 Å². The highest BCUT2D eigenvalue weighted by atomic mass is 19.4. The first-order chi connectivity index (χ1) is 20.9. The summed E-state index contributed by atoms with van der Waals surface area (Å²) in [6, 6.07) is 14.2. The summed E-state index contributed by atoms with van der Waals surface area (Å²) >= 11 is 0. The Bertz CT molecular complexity index is 1710. The van der Waals surface area contributed by atoms with E-state index < -0.39 is 29.2 Å². The highest BCUT2D eigenvalue weighted by Gasteiger charge is 2.31. The van der Waals surface area contributed by atoms with Crippen LogP contribution in [0.3, 0.4) is 0 Å². The van der Waals surface area contributed by atoms with Gasteiger partial charge in [0.1, 0.15) is 11.6 Å². The predicted molar refractivity (Wildman–Crippen MR) is 156 cm³/mol. The van der Waals surface area contributed by atoms with E-state index in [9.17, 15) is 31.5 Å². The van der Waals surface area contributed by atoms with Crippen molar-refractivity contribution in [2.75, 3.05) is 28.7 Å². The molecule has 1 saturated heterocycles. The van der Waals surface area contributed by atoms with E-state index in [-0.39, 0.29) is 36.1 Å². The van der Waals surface area contributed by atoms with Crippen LogP contribution in [0.25, 0.3) is 0 Å². The zero-order valence-corrected chi connectivity index (χ0v) is 23.9. The van der Waals surface area contributed by atoms with Gasteiger partial charge in [0, 0.05) is 49.9 Å². The summed E-state index contributed by atoms with van der Waals surface area (Å²) in [4.78, 5) is 36.4. The lowest BCUT2D eigenvalue weighted by molar-refractivity contribution is -0.138. The van der Waals surface area contributed by atoms with Crippen LogP contribution in [0.4, 0.5) is 50.8 Å². The van der Waals surface area contributed by atoms with Crippen LogP contribution in [-0.4, -0.2) is 35.3 Å². The van der Waals surface area contributed by atoms with E-state index in [1.54, 1.807) is 36.2 Å². The SMILES string of the molecule is Cc1ccc(Nc2ncc(F)c(N(C)c3ccc(CC(=O)Cc4cc(F)cc(C(F)(F)F)c4)cc3)n2)cc1N1CCCC1=O. The van der Waals surface area contributed by atoms with Gasteiger partial charge in [-0.2, -0.15) is 18.2 Å². The molecule has 0 saturated carbocycles. The van der Waals surface area contributed by atoms with Gasteiger partial charge in [-0.15, -0.1) is 0 Å². The zero-order chi connectivity index (χ0) is 31.6. The lowest BCUT2D eigenvalue weighted by Crippen LogP contribution is -2.24. The number of hydrogen-bond acceptors (Lipinski definition) is 6. The number of halogens is 5. The van der Waals surface area contributed by atoms with Crippen molar-refractivity contribution in [2.24, 2.45) is 0 Å². The molecule has 12 heteroatoms. The van der Waals surface area contributed by atoms with Gasteiger partial charge in [0.25, 0.3) is 0 Å². The quantitative estimate of drug-likeness (QED) is 0.205. The number of anilines is 5. The van der Waals surface area contributed by atoms with Crippen LogP contribution in [0.5, 0.6) is 0 Å². The normalized spacial score (nSPS) is 13.3. The Morgan fingerprint density at radius 3 is 2.41 bits per heavy atom. The van der Waals surface area contributed by atoms with Crippen molar-refractivity contribution in [3.05, 3.63) is 101 Å². The van der Waals surface area contributed by atoms with Crippen molar-refractivity contribution in [1.82, 2.24) is 9.97 Å². The molecule has 5 rings (SSSR count). The van der Waals surface area contributed by atoms with Crippen LogP contribution in [0.1, 0.15) is 35.1 Å². The van der Waals surface area contributed by atoms with Crippen molar-refractivity contribution in [1.29, 1.82) is 0 Å². The number of Topliss-reactive ketones (excluding diaryl/α,β-unsaturated/α-hetero) is 1. The summed E-state index contributed by atoms with van der Waals surface area (Å²) in [6.45, 7) is 2.57. The molecule has 7 nitrogen and oxygen atoms in total. The summed E-state index contributed by atoms with van der Waals surface area (Å²) in [5.41, 5.74) is 2.29. The molecule has 0 spiro atoms. The highest BCUT2D eigenvalue weighted by molar-refractivity contribution is 5.96. The maximum absolute atomic E-state index is 14.8. The predicted octanol–water partition coefficient (Wildman–Crippen LogP) is 7.07. The molecule has 1 aliphatic heterocycles. The fourth-order valence-corrected chi connectivity index (χ4v) is 5.06. The van der Waals surface area contributed by atoms with E-state index in [2.05, 4.69) is 15.3 Å². The molecule has 0 bridgehead atoms. The van der Waals surface area contributed by atoms with Crippen molar-refractivity contribution in [3.63, 3.8) is 0 Å². The van der Waals surface area contributed by atoms with Gasteiger partial charge >= 0.3 is 6.18 Å². The van der Waals surface area contributed by atoms with E-state index >= 15 is 0 Å². The van der Waals surface area contributed by atoms with Gasteiger partial charge in [-0.25, -0.2) is 13.8 Å². The molecule has 0 aliphatic carbocycles. The average Bonchev–Trinajstić information content (AvgIpc) is 3.39. The van der Waals surface area contributed by atoms with Gasteiger partial charge < -0.3 is 15.1 Å². The fraction of sp³-hybridized carbons (Fsp3) is 0.250. The molecule has 0 radical (unpaired) electrons. The maximum atomic E-state index is 14.8. The summed E-state index contributed by atoms with van der Waals surface area (Å²) < 4.78 is 67.5. The first-order valence-electron chi connectivity index (χ1n) is 13.8. The fourth-order valence-electron chi connectivity index (χ4n) is 5.06. The minimum atomic E-state index is -4.72. The lowest BCUT2D eigenvalue weighted by atomic mass is 10.0. The topological polar surface area (TPSA) is 78.4 Å². The van der Waals surface area contributed by atoms with Gasteiger partial charge in [0.2, 0.25) is 11.9 Å². The van der Waals surface area contributed by atoms with Crippen LogP contribution in [0.2, 0.25) is 0 Å². The molecule has 44 heavy (non-hydrogen) atoms. The number of rotatable bonds is 9. The second kappa shape index (κ2) is 12.4. The third-order valence-electron chi connectivity index (χ3n) is 7.28. The summed E-state index contributed by atoms with van der Waals surface area (Å²) in [5.74, 6) is -1.93. The number of nitrogens with one attached hydrogen (secondary N) is 1. The minimum Gasteiger partial charge on any atom is -0.327 e. The smallest absolute Gasteiger partial charge is 0.327 e. The Labute approximate surface area is 250 Å². The Kier molecular flexibility index (Phi) is 8.61. The molecule has 0 unspecified atom stereocenters. The third kappa shape index (κ3) is 7.01. The standard InChI is InChI=1S/C32H28F5N5O2/c1-19-5-8-24(17-28(19)42-11-3-4-29(42)44)39-31-38-18-27(34)30(40-31)41(2)25-9-6-20(7-10-25)14-26(43)15-21-12-22(32(35,36)37)16-23(33)13-21/h5-10,12-13,16-18H,3-4,11,14-15H2,1-2H3,(H,38,39,40). The number of alkyl halides is 3. The molecular formula is C32H28F5N5O2. The van der Waals surface area contributed by atoms with E-state index in [0.29, 0.717) is 36.0 Å². The molecule has 1 fully saturated rings. The molecule has 1 aliphatic rings. The second-order valence-electron chi connectivity index (χ2n) is 10.6. The maximum Gasteiger partial charge on any atom is 0.416 e. The van der Waals surface area contributed by atoms with E-state index in [4.69, 9.17) is 0 Å². The van der Waals surface area contributed by atoms with Crippen LogP contribution in [0.15, 0.2) is 66.9 Å². The molecular weight excluding hydrogens is 581 g/mol. The van der Waals surface area contributed by atoms with Crippen molar-refractivity contribution in [3.8, 4) is 0 Å². The van der Waals surface area contributed by atoms with E-state index in [1.807, 2.05) is 25.1 Å². The first-order valence-corrected chi connectivity index (χ1v) is 13.8. The summed E-state index contributed by atoms with van der Waals surface area (Å²) in [5, 5.41) is 3.07. The molecule has 3 aromatic carbocycles. The van der Waals surface area contributed by atoms with Crippen LogP contribution < -0.4 is 15.1 Å². The molecule has 1 aromatic heterocycles. The number of benzene rings is 3. The largest absolute Gasteiger partial charge is 0.416 e. The number of nitrogens with zero attached hydrogens (tertiary/aromatic N) is 4. The van der Waals surface area contributed by atoms with Gasteiger partial charge in [0.05, 0.1) is 11.8 Å². The van der Waals surface area contributed by atoms with E-state index in [0.717, 1.165) is 36.0 Å². The number of carbonyl (C=O) groups is 2. The molecule has 4 aromatic rings. The number of ketones is 1. The number of hydrogen-bond donors (Lipinski definition) is 1. The number of aryl methyl sites for hydroxylation is 1. The van der Waals surface area contributed by atoms with Gasteiger partial charge in [-0.05, 0) is 72.5 Å². The molecule has 0 atom stereocenters. The van der Waals surface area contributed by atoms with Gasteiger partial charge in [0.15, 0.2) is 11.6 Å². The Hall–Kier alpha value is -4.87. The Morgan fingerprint density at radius 2 is 1.73 bits per heavy atom. The first kappa shape index (κ1) is 30.6. The number of aromatic nitrogens is 2. The van der Waals surface area contributed by atoms with Crippen molar-refractivity contribution >= 4 is 40.5 Å².